The molecule has 0 unspecified atom stereocenters. The van der Waals surface area contributed by atoms with Crippen LogP contribution in [0, 0.1) is 0 Å². The molecule has 0 aromatic heterocycles. The van der Waals surface area contributed by atoms with Crippen LogP contribution < -0.4 is 0 Å². The average molecular weight is 189 g/mol. The summed E-state index contributed by atoms with van der Waals surface area (Å²) in [5.41, 5.74) is 0. The van der Waals surface area contributed by atoms with E-state index >= 15 is 0 Å². The van der Waals surface area contributed by atoms with Gasteiger partial charge in [0.05, 0.1) is 0 Å². The van der Waals surface area contributed by atoms with E-state index in [1.165, 1.54) is 19.3 Å². The fourth-order valence-electron chi connectivity index (χ4n) is 0.539. The minimum absolute atomic E-state index is 1.20. The van der Waals surface area contributed by atoms with Gasteiger partial charge in [0.2, 0.25) is 0 Å². The molecule has 0 aromatic rings. The van der Waals surface area contributed by atoms with Gasteiger partial charge in [-0.2, -0.15) is 0 Å². The van der Waals surface area contributed by atoms with Crippen molar-refractivity contribution in [1.82, 2.24) is 0 Å². The van der Waals surface area contributed by atoms with Crippen LogP contribution in [0.3, 0.4) is 0 Å². The molecule has 0 saturated heterocycles. The third kappa shape index (κ3) is 7.96. The van der Waals surface area contributed by atoms with Gasteiger partial charge in [-0.25, -0.2) is 0 Å². The van der Waals surface area contributed by atoms with Crippen LogP contribution in [0.25, 0.3) is 0 Å². The minimum atomic E-state index is 1.20. The highest BCUT2D eigenvalue weighted by Crippen LogP contribution is 1.95. The Bertz CT molecular complexity index is 92.7. The minimum Gasteiger partial charge on any atom is -0.0845 e. The summed E-state index contributed by atoms with van der Waals surface area (Å²) >= 11 is 3.19. The second-order valence-electron chi connectivity index (χ2n) is 1.89. The van der Waals surface area contributed by atoms with Crippen LogP contribution >= 0.6 is 15.9 Å². The molecular formula is C8H13Br. The van der Waals surface area contributed by atoms with E-state index in [2.05, 4.69) is 35.0 Å². The van der Waals surface area contributed by atoms with Crippen LogP contribution in [0.15, 0.2) is 23.2 Å². The molecule has 0 saturated carbocycles. The number of rotatable bonds is 4. The average Bonchev–Trinajstić information content (AvgIpc) is 1.89. The van der Waals surface area contributed by atoms with E-state index in [-0.39, 0.29) is 0 Å². The molecule has 0 bridgehead atoms. The largest absolute Gasteiger partial charge is 0.0845 e. The number of hydrogen-bond acceptors (Lipinski definition) is 0. The van der Waals surface area contributed by atoms with Gasteiger partial charge in [-0.05, 0) is 11.4 Å². The van der Waals surface area contributed by atoms with Gasteiger partial charge in [-0.1, -0.05) is 53.9 Å². The van der Waals surface area contributed by atoms with Crippen molar-refractivity contribution < 1.29 is 0 Å². The number of allylic oxidation sites excluding steroid dienone is 3. The van der Waals surface area contributed by atoms with Crippen molar-refractivity contribution in [3.63, 3.8) is 0 Å². The molecule has 9 heavy (non-hydrogen) atoms. The lowest BCUT2D eigenvalue weighted by molar-refractivity contribution is 0.815. The highest BCUT2D eigenvalue weighted by Gasteiger charge is 1.74. The molecule has 0 amide bonds. The molecule has 0 aliphatic carbocycles. The third-order valence-corrected chi connectivity index (χ3v) is 1.35. The predicted molar refractivity (Wildman–Crippen MR) is 46.7 cm³/mol. The maximum atomic E-state index is 3.19. The van der Waals surface area contributed by atoms with Gasteiger partial charge in [0.1, 0.15) is 0 Å². The van der Waals surface area contributed by atoms with Crippen molar-refractivity contribution in [1.29, 1.82) is 0 Å². The molecule has 0 N–H and O–H groups in total. The molecule has 0 atom stereocenters. The summed E-state index contributed by atoms with van der Waals surface area (Å²) in [5, 5.41) is 0. The Morgan fingerprint density at radius 1 is 1.33 bits per heavy atom. The van der Waals surface area contributed by atoms with E-state index in [0.717, 1.165) is 0 Å². The number of hydrogen-bond donors (Lipinski definition) is 0. The van der Waals surface area contributed by atoms with Crippen molar-refractivity contribution in [3.05, 3.63) is 23.2 Å². The van der Waals surface area contributed by atoms with Gasteiger partial charge in [-0.3, -0.25) is 0 Å². The van der Waals surface area contributed by atoms with Crippen molar-refractivity contribution in [3.8, 4) is 0 Å². The summed E-state index contributed by atoms with van der Waals surface area (Å²) in [5.74, 6) is 0. The monoisotopic (exact) mass is 188 g/mol. The molecule has 0 fully saturated rings. The highest BCUT2D eigenvalue weighted by atomic mass is 79.9. The van der Waals surface area contributed by atoms with E-state index in [1.807, 2.05) is 11.1 Å². The van der Waals surface area contributed by atoms with Crippen molar-refractivity contribution in [2.45, 2.75) is 26.2 Å². The summed E-state index contributed by atoms with van der Waals surface area (Å²) in [6.45, 7) is 2.20. The molecule has 0 aliphatic rings. The first-order valence-electron chi connectivity index (χ1n) is 3.33. The molecule has 0 rings (SSSR count). The summed E-state index contributed by atoms with van der Waals surface area (Å²) in [6.07, 6.45) is 10.0. The summed E-state index contributed by atoms with van der Waals surface area (Å²) in [6, 6.07) is 0. The van der Waals surface area contributed by atoms with Crippen LogP contribution in [-0.4, -0.2) is 0 Å². The van der Waals surface area contributed by atoms with Crippen LogP contribution in [0.2, 0.25) is 0 Å². The zero-order valence-corrected chi connectivity index (χ0v) is 7.39. The Labute approximate surface area is 65.8 Å². The van der Waals surface area contributed by atoms with Gasteiger partial charge in [0, 0.05) is 0 Å². The number of unbranched alkanes of at least 4 members (excludes halogenated alkanes) is 2. The molecule has 1 heteroatoms. The standard InChI is InChI=1S/C8H13Br/c1-2-3-4-5-6-7-8-9/h5-8H,2-4H2,1H3/b6-5+,8-7+. The smallest absolute Gasteiger partial charge is 0.0189 e. The highest BCUT2D eigenvalue weighted by molar-refractivity contribution is 9.11. The fraction of sp³-hybridized carbons (Fsp3) is 0.500. The molecule has 0 radical (unpaired) electrons. The summed E-state index contributed by atoms with van der Waals surface area (Å²) in [7, 11) is 0. The first kappa shape index (κ1) is 8.96. The van der Waals surface area contributed by atoms with Crippen molar-refractivity contribution in [2.75, 3.05) is 0 Å². The van der Waals surface area contributed by atoms with Gasteiger partial charge < -0.3 is 0 Å². The van der Waals surface area contributed by atoms with Crippen LogP contribution in [-0.2, 0) is 0 Å². The zero-order chi connectivity index (χ0) is 6.95. The summed E-state index contributed by atoms with van der Waals surface area (Å²) < 4.78 is 0. The molecule has 0 aromatic carbocycles. The number of halogens is 1. The maximum absolute atomic E-state index is 3.19. The fourth-order valence-corrected chi connectivity index (χ4v) is 0.715. The molecule has 52 valence electrons. The molecule has 0 nitrogen and oxygen atoms in total. The Balaban J connectivity index is 3.04. The third-order valence-electron chi connectivity index (χ3n) is 1.04. The lowest BCUT2D eigenvalue weighted by atomic mass is 10.2. The predicted octanol–water partition coefficient (Wildman–Crippen LogP) is 3.64. The Morgan fingerprint density at radius 2 is 2.11 bits per heavy atom. The molecule has 0 heterocycles. The second kappa shape index (κ2) is 7.96. The first-order chi connectivity index (χ1) is 4.41. The van der Waals surface area contributed by atoms with Crippen LogP contribution in [0.5, 0.6) is 0 Å². The Morgan fingerprint density at radius 3 is 2.67 bits per heavy atom. The van der Waals surface area contributed by atoms with Crippen molar-refractivity contribution in [2.24, 2.45) is 0 Å². The normalized spacial score (nSPS) is 11.8. The van der Waals surface area contributed by atoms with Crippen LogP contribution in [0.1, 0.15) is 26.2 Å². The molecule has 0 spiro atoms. The van der Waals surface area contributed by atoms with E-state index in [0.29, 0.717) is 0 Å². The second-order valence-corrected chi connectivity index (χ2v) is 2.42. The van der Waals surface area contributed by atoms with Gasteiger partial charge >= 0.3 is 0 Å². The van der Waals surface area contributed by atoms with Gasteiger partial charge in [0.25, 0.3) is 0 Å². The van der Waals surface area contributed by atoms with E-state index in [1.54, 1.807) is 0 Å². The quantitative estimate of drug-likeness (QED) is 0.467. The van der Waals surface area contributed by atoms with E-state index in [4.69, 9.17) is 0 Å². The first-order valence-corrected chi connectivity index (χ1v) is 4.25. The Hall–Kier alpha value is -0.0400. The Kier molecular flexibility index (Phi) is 7.92. The molecular weight excluding hydrogens is 176 g/mol. The van der Waals surface area contributed by atoms with E-state index in [9.17, 15) is 0 Å². The maximum Gasteiger partial charge on any atom is -0.0189 e. The SMILES string of the molecule is CCCC/C=C/C=C/Br. The van der Waals surface area contributed by atoms with Gasteiger partial charge in [-0.15, -0.1) is 0 Å². The zero-order valence-electron chi connectivity index (χ0n) is 5.81. The lowest BCUT2D eigenvalue weighted by Gasteiger charge is -1.84. The topological polar surface area (TPSA) is 0 Å². The van der Waals surface area contributed by atoms with Crippen LogP contribution in [0.4, 0.5) is 0 Å². The lowest BCUT2D eigenvalue weighted by Crippen LogP contribution is -1.64. The van der Waals surface area contributed by atoms with Gasteiger partial charge in [0.15, 0.2) is 0 Å². The molecule has 0 aliphatic heterocycles. The van der Waals surface area contributed by atoms with Crippen molar-refractivity contribution >= 4 is 15.9 Å². The van der Waals surface area contributed by atoms with E-state index < -0.39 is 0 Å². The summed E-state index contributed by atoms with van der Waals surface area (Å²) in [4.78, 5) is 1.86.